The molecule has 20 heavy (non-hydrogen) atoms. The number of hydrogen-bond donors (Lipinski definition) is 2. The van der Waals surface area contributed by atoms with Gasteiger partial charge in [-0.2, -0.15) is 0 Å². The standard InChI is InChI=1S/C17H35NO2/c1-15(2)8-7-11-20-13-16(19)12-18-14-17(3)9-5-4-6-10-17/h15-16,18-19H,4-14H2,1-3H3. The number of rotatable bonds is 10. The van der Waals surface area contributed by atoms with Crippen LogP contribution in [-0.2, 0) is 4.74 Å². The highest BCUT2D eigenvalue weighted by Crippen LogP contribution is 2.34. The Morgan fingerprint density at radius 1 is 1.20 bits per heavy atom. The maximum absolute atomic E-state index is 9.88. The predicted octanol–water partition coefficient (Wildman–Crippen LogP) is 3.36. The van der Waals surface area contributed by atoms with Crippen LogP contribution in [0, 0.1) is 11.3 Å². The molecular formula is C17H35NO2. The topological polar surface area (TPSA) is 41.5 Å². The summed E-state index contributed by atoms with van der Waals surface area (Å²) in [5, 5.41) is 13.3. The minimum Gasteiger partial charge on any atom is -0.389 e. The molecule has 0 aromatic heterocycles. The largest absolute Gasteiger partial charge is 0.389 e. The van der Waals surface area contributed by atoms with Gasteiger partial charge in [0, 0.05) is 19.7 Å². The highest BCUT2D eigenvalue weighted by atomic mass is 16.5. The number of nitrogens with one attached hydrogen (secondary N) is 1. The smallest absolute Gasteiger partial charge is 0.0897 e. The molecule has 0 aromatic carbocycles. The first-order valence-electron chi connectivity index (χ1n) is 8.48. The molecule has 1 aliphatic rings. The molecule has 3 heteroatoms. The second kappa shape index (κ2) is 9.75. The van der Waals surface area contributed by atoms with Gasteiger partial charge in [0.05, 0.1) is 12.7 Å². The highest BCUT2D eigenvalue weighted by molar-refractivity contribution is 4.80. The van der Waals surface area contributed by atoms with Crippen molar-refractivity contribution < 1.29 is 9.84 Å². The molecule has 0 amide bonds. The summed E-state index contributed by atoms with van der Waals surface area (Å²) in [6.07, 6.45) is 8.68. The Hall–Kier alpha value is -0.120. The Bertz CT molecular complexity index is 237. The molecule has 0 spiro atoms. The third kappa shape index (κ3) is 8.23. The first kappa shape index (κ1) is 17.9. The van der Waals surface area contributed by atoms with Crippen molar-refractivity contribution in [3.05, 3.63) is 0 Å². The van der Waals surface area contributed by atoms with Crippen molar-refractivity contribution in [2.75, 3.05) is 26.3 Å². The summed E-state index contributed by atoms with van der Waals surface area (Å²) in [5.74, 6) is 0.737. The lowest BCUT2D eigenvalue weighted by atomic mass is 9.76. The molecule has 1 atom stereocenters. The lowest BCUT2D eigenvalue weighted by molar-refractivity contribution is 0.0329. The van der Waals surface area contributed by atoms with E-state index in [1.54, 1.807) is 0 Å². The zero-order valence-corrected chi connectivity index (χ0v) is 13.8. The van der Waals surface area contributed by atoms with Crippen LogP contribution in [0.15, 0.2) is 0 Å². The maximum Gasteiger partial charge on any atom is 0.0897 e. The molecule has 0 bridgehead atoms. The average molecular weight is 285 g/mol. The van der Waals surface area contributed by atoms with Crippen LogP contribution in [-0.4, -0.2) is 37.5 Å². The molecule has 0 aromatic rings. The van der Waals surface area contributed by atoms with E-state index < -0.39 is 0 Å². The van der Waals surface area contributed by atoms with E-state index in [9.17, 15) is 5.11 Å². The summed E-state index contributed by atoms with van der Waals surface area (Å²) in [7, 11) is 0. The van der Waals surface area contributed by atoms with Crippen LogP contribution in [0.25, 0.3) is 0 Å². The van der Waals surface area contributed by atoms with E-state index in [1.807, 2.05) is 0 Å². The Morgan fingerprint density at radius 2 is 1.90 bits per heavy atom. The molecule has 1 saturated carbocycles. The van der Waals surface area contributed by atoms with Gasteiger partial charge in [0.1, 0.15) is 0 Å². The zero-order chi connectivity index (χ0) is 14.8. The van der Waals surface area contributed by atoms with Gasteiger partial charge in [-0.05, 0) is 37.0 Å². The van der Waals surface area contributed by atoms with Crippen molar-refractivity contribution in [2.45, 2.75) is 71.8 Å². The molecule has 3 nitrogen and oxygen atoms in total. The summed E-state index contributed by atoms with van der Waals surface area (Å²) in [6, 6.07) is 0. The first-order valence-corrected chi connectivity index (χ1v) is 8.48. The minimum absolute atomic E-state index is 0.374. The summed E-state index contributed by atoms with van der Waals surface area (Å²) in [4.78, 5) is 0. The summed E-state index contributed by atoms with van der Waals surface area (Å²) in [5.41, 5.74) is 0.441. The molecule has 2 N–H and O–H groups in total. The maximum atomic E-state index is 9.88. The van der Waals surface area contributed by atoms with Crippen LogP contribution in [0.3, 0.4) is 0 Å². The molecule has 1 rings (SSSR count). The van der Waals surface area contributed by atoms with Crippen LogP contribution >= 0.6 is 0 Å². The molecule has 0 aliphatic heterocycles. The molecule has 0 saturated heterocycles. The SMILES string of the molecule is CC(C)CCCOCC(O)CNCC1(C)CCCCC1. The molecule has 0 heterocycles. The van der Waals surface area contributed by atoms with E-state index in [0.29, 0.717) is 18.6 Å². The Balaban J connectivity index is 1.98. The van der Waals surface area contributed by atoms with Crippen LogP contribution in [0.5, 0.6) is 0 Å². The number of hydrogen-bond acceptors (Lipinski definition) is 3. The van der Waals surface area contributed by atoms with Gasteiger partial charge in [-0.15, -0.1) is 0 Å². The fourth-order valence-electron chi connectivity index (χ4n) is 2.99. The molecular weight excluding hydrogens is 250 g/mol. The van der Waals surface area contributed by atoms with Crippen molar-refractivity contribution in [3.8, 4) is 0 Å². The lowest BCUT2D eigenvalue weighted by Crippen LogP contribution is -2.38. The van der Waals surface area contributed by atoms with Crippen LogP contribution < -0.4 is 5.32 Å². The molecule has 1 aliphatic carbocycles. The third-order valence-electron chi connectivity index (χ3n) is 4.37. The van der Waals surface area contributed by atoms with Gasteiger partial charge in [0.25, 0.3) is 0 Å². The summed E-state index contributed by atoms with van der Waals surface area (Å²) >= 11 is 0. The van der Waals surface area contributed by atoms with E-state index in [0.717, 1.165) is 25.5 Å². The van der Waals surface area contributed by atoms with Crippen LogP contribution in [0.1, 0.15) is 65.7 Å². The van der Waals surface area contributed by atoms with Crippen molar-refractivity contribution in [1.29, 1.82) is 0 Å². The van der Waals surface area contributed by atoms with Gasteiger partial charge >= 0.3 is 0 Å². The fourth-order valence-corrected chi connectivity index (χ4v) is 2.99. The van der Waals surface area contributed by atoms with Crippen molar-refractivity contribution >= 4 is 0 Å². The number of aliphatic hydroxyl groups is 1. The molecule has 0 radical (unpaired) electrons. The van der Waals surface area contributed by atoms with Crippen molar-refractivity contribution in [2.24, 2.45) is 11.3 Å². The second-order valence-corrected chi connectivity index (χ2v) is 7.27. The molecule has 1 fully saturated rings. The zero-order valence-electron chi connectivity index (χ0n) is 13.8. The normalized spacial score (nSPS) is 20.2. The number of aliphatic hydroxyl groups excluding tert-OH is 1. The van der Waals surface area contributed by atoms with Crippen LogP contribution in [0.2, 0.25) is 0 Å². The van der Waals surface area contributed by atoms with E-state index in [-0.39, 0.29) is 6.10 Å². The molecule has 1 unspecified atom stereocenters. The van der Waals surface area contributed by atoms with Gasteiger partial charge in [-0.3, -0.25) is 0 Å². The van der Waals surface area contributed by atoms with E-state index >= 15 is 0 Å². The van der Waals surface area contributed by atoms with Gasteiger partial charge in [0.2, 0.25) is 0 Å². The number of ether oxygens (including phenoxy) is 1. The third-order valence-corrected chi connectivity index (χ3v) is 4.37. The predicted molar refractivity (Wildman–Crippen MR) is 85.0 cm³/mol. The van der Waals surface area contributed by atoms with Gasteiger partial charge in [0.15, 0.2) is 0 Å². The quantitative estimate of drug-likeness (QED) is 0.605. The Kier molecular flexibility index (Phi) is 8.74. The Morgan fingerprint density at radius 3 is 2.55 bits per heavy atom. The minimum atomic E-state index is -0.374. The average Bonchev–Trinajstić information content (AvgIpc) is 2.38. The van der Waals surface area contributed by atoms with Crippen molar-refractivity contribution in [3.63, 3.8) is 0 Å². The second-order valence-electron chi connectivity index (χ2n) is 7.27. The Labute approximate surface area is 125 Å². The summed E-state index contributed by atoms with van der Waals surface area (Å²) < 4.78 is 5.52. The fraction of sp³-hybridized carbons (Fsp3) is 1.00. The van der Waals surface area contributed by atoms with Crippen molar-refractivity contribution in [1.82, 2.24) is 5.32 Å². The summed E-state index contributed by atoms with van der Waals surface area (Å²) in [6.45, 7) is 9.73. The van der Waals surface area contributed by atoms with Gasteiger partial charge in [-0.25, -0.2) is 0 Å². The van der Waals surface area contributed by atoms with E-state index in [4.69, 9.17) is 4.74 Å². The lowest BCUT2D eigenvalue weighted by Gasteiger charge is -2.34. The van der Waals surface area contributed by atoms with Crippen LogP contribution in [0.4, 0.5) is 0 Å². The van der Waals surface area contributed by atoms with E-state index in [1.165, 1.54) is 38.5 Å². The first-order chi connectivity index (χ1) is 9.52. The van der Waals surface area contributed by atoms with E-state index in [2.05, 4.69) is 26.1 Å². The van der Waals surface area contributed by atoms with Gasteiger partial charge in [-0.1, -0.05) is 40.0 Å². The molecule has 120 valence electrons. The monoisotopic (exact) mass is 285 g/mol. The highest BCUT2D eigenvalue weighted by Gasteiger charge is 2.26. The van der Waals surface area contributed by atoms with Gasteiger partial charge < -0.3 is 15.2 Å².